The second-order valence-electron chi connectivity index (χ2n) is 5.02. The molecule has 0 unspecified atom stereocenters. The summed E-state index contributed by atoms with van der Waals surface area (Å²) in [5.74, 6) is 0. The van der Waals surface area contributed by atoms with Crippen molar-refractivity contribution >= 4 is 10.4 Å². The first-order chi connectivity index (χ1) is 9.56. The van der Waals surface area contributed by atoms with E-state index in [1.165, 1.54) is 51.4 Å². The van der Waals surface area contributed by atoms with E-state index < -0.39 is 10.4 Å². The van der Waals surface area contributed by atoms with Gasteiger partial charge >= 0.3 is 29.6 Å². The van der Waals surface area contributed by atoms with E-state index in [1.54, 1.807) is 0 Å². The van der Waals surface area contributed by atoms with Gasteiger partial charge in [0, 0.05) is 6.61 Å². The fourth-order valence-corrected chi connectivity index (χ4v) is 2.26. The van der Waals surface area contributed by atoms with E-state index in [0.29, 0.717) is 6.61 Å². The van der Waals surface area contributed by atoms with Crippen LogP contribution in [0.1, 0.15) is 71.1 Å². The van der Waals surface area contributed by atoms with E-state index in [0.717, 1.165) is 12.8 Å². The third kappa shape index (κ3) is 25.7. The van der Waals surface area contributed by atoms with Crippen molar-refractivity contribution in [3.8, 4) is 0 Å². The molecule has 0 aromatic heterocycles. The number of hydrogen-bond acceptors (Lipinski definition) is 6. The molecule has 0 atom stereocenters. The summed E-state index contributed by atoms with van der Waals surface area (Å²) in [7, 11) is -4.57. The van der Waals surface area contributed by atoms with E-state index in [9.17, 15) is 13.0 Å². The third-order valence-electron chi connectivity index (χ3n) is 3.10. The molecule has 0 heterocycles. The smallest absolute Gasteiger partial charge is 0.726 e. The molecule has 0 aromatic carbocycles. The van der Waals surface area contributed by atoms with Crippen LogP contribution in [-0.2, 0) is 19.3 Å². The van der Waals surface area contributed by atoms with Gasteiger partial charge in [0.2, 0.25) is 10.4 Å². The third-order valence-corrected chi connectivity index (χ3v) is 3.55. The zero-order valence-electron chi connectivity index (χ0n) is 14.3. The Balaban J connectivity index is -0.00000180. The average Bonchev–Trinajstić information content (AvgIpc) is 2.38. The molecule has 0 radical (unpaired) electrons. The molecule has 0 spiro atoms. The van der Waals surface area contributed by atoms with E-state index >= 15 is 0 Å². The summed E-state index contributed by atoms with van der Waals surface area (Å²) >= 11 is 0. The van der Waals surface area contributed by atoms with Crippen molar-refractivity contribution in [1.82, 2.24) is 6.15 Å². The molecule has 0 aliphatic heterocycles. The van der Waals surface area contributed by atoms with Crippen LogP contribution >= 0.6 is 0 Å². The molecule has 0 bridgehead atoms. The Morgan fingerprint density at radius 2 is 1.23 bits per heavy atom. The normalized spacial score (nSPS) is 10.8. The largest absolute Gasteiger partial charge is 1.00 e. The standard InChI is InChI=1S/C14H30O5S.H3N.Na/c1-2-3-4-5-6-7-8-9-10-11-12-18-13-14-19-20(15,16)17;;/h2-14H2,1H3,(H,15,16,17);1H3;/q;;+1/p-1. The van der Waals surface area contributed by atoms with Crippen molar-refractivity contribution in [1.29, 1.82) is 0 Å². The fourth-order valence-electron chi connectivity index (χ4n) is 1.99. The first-order valence-electron chi connectivity index (χ1n) is 7.74. The minimum Gasteiger partial charge on any atom is -0.726 e. The van der Waals surface area contributed by atoms with Crippen LogP contribution in [0, 0.1) is 0 Å². The molecule has 0 rings (SSSR count). The minimum absolute atomic E-state index is 0. The van der Waals surface area contributed by atoms with E-state index in [2.05, 4.69) is 11.1 Å². The van der Waals surface area contributed by atoms with E-state index in [-0.39, 0.29) is 48.9 Å². The summed E-state index contributed by atoms with van der Waals surface area (Å²) in [6, 6.07) is 0. The molecule has 0 aromatic rings. The summed E-state index contributed by atoms with van der Waals surface area (Å²) < 4.78 is 39.5. The minimum atomic E-state index is -4.57. The maximum absolute atomic E-state index is 10.1. The summed E-state index contributed by atoms with van der Waals surface area (Å²) in [6.07, 6.45) is 12.7. The molecule has 0 amide bonds. The van der Waals surface area contributed by atoms with Crippen molar-refractivity contribution in [2.75, 3.05) is 19.8 Å². The molecule has 0 saturated carbocycles. The molecule has 0 saturated heterocycles. The Hall–Kier alpha value is 0.790. The second kappa shape index (κ2) is 19.8. The van der Waals surface area contributed by atoms with Gasteiger partial charge in [0.15, 0.2) is 0 Å². The Morgan fingerprint density at radius 1 is 0.773 bits per heavy atom. The maximum Gasteiger partial charge on any atom is 1.00 e. The summed E-state index contributed by atoms with van der Waals surface area (Å²) in [6.45, 7) is 2.79. The van der Waals surface area contributed by atoms with Crippen LogP contribution in [0.15, 0.2) is 0 Å². The van der Waals surface area contributed by atoms with Gasteiger partial charge in [-0.1, -0.05) is 64.7 Å². The van der Waals surface area contributed by atoms with Gasteiger partial charge in [-0.2, -0.15) is 0 Å². The molecule has 130 valence electrons. The van der Waals surface area contributed by atoms with Gasteiger partial charge in [0.1, 0.15) is 0 Å². The zero-order valence-corrected chi connectivity index (χ0v) is 17.2. The molecule has 8 heteroatoms. The van der Waals surface area contributed by atoms with Crippen molar-refractivity contribution in [2.24, 2.45) is 0 Å². The fraction of sp³-hybridized carbons (Fsp3) is 1.00. The average molecular weight is 349 g/mol. The molecule has 0 fully saturated rings. The van der Waals surface area contributed by atoms with Gasteiger partial charge in [-0.25, -0.2) is 8.42 Å². The second-order valence-corrected chi connectivity index (χ2v) is 6.08. The molecule has 22 heavy (non-hydrogen) atoms. The SMILES string of the molecule is CCCCCCCCCCCCOCCOS(=O)(=O)[O-].N.[Na+]. The van der Waals surface area contributed by atoms with E-state index in [4.69, 9.17) is 4.74 Å². The molecule has 0 aliphatic rings. The summed E-state index contributed by atoms with van der Waals surface area (Å²) in [5, 5.41) is 0. The maximum atomic E-state index is 10.1. The Morgan fingerprint density at radius 3 is 1.68 bits per heavy atom. The van der Waals surface area contributed by atoms with Gasteiger partial charge in [0.25, 0.3) is 0 Å². The van der Waals surface area contributed by atoms with Crippen molar-refractivity contribution in [2.45, 2.75) is 71.1 Å². The summed E-state index contributed by atoms with van der Waals surface area (Å²) in [5.41, 5.74) is 0. The van der Waals surface area contributed by atoms with Gasteiger partial charge in [-0.15, -0.1) is 0 Å². The first kappa shape index (κ1) is 27.6. The van der Waals surface area contributed by atoms with Crippen LogP contribution in [0.4, 0.5) is 0 Å². The van der Waals surface area contributed by atoms with Crippen LogP contribution in [-0.4, -0.2) is 32.8 Å². The van der Waals surface area contributed by atoms with Crippen LogP contribution < -0.4 is 35.7 Å². The van der Waals surface area contributed by atoms with Crippen LogP contribution in [0.25, 0.3) is 0 Å². The van der Waals surface area contributed by atoms with Crippen LogP contribution in [0.2, 0.25) is 0 Å². The molecule has 6 nitrogen and oxygen atoms in total. The van der Waals surface area contributed by atoms with Crippen molar-refractivity contribution < 1.29 is 51.4 Å². The number of ether oxygens (including phenoxy) is 1. The number of unbranched alkanes of at least 4 members (excludes halogenated alkanes) is 9. The van der Waals surface area contributed by atoms with Crippen LogP contribution in [0.3, 0.4) is 0 Å². The molecular formula is C14H32NNaO5S. The predicted molar refractivity (Wildman–Crippen MR) is 83.3 cm³/mol. The first-order valence-corrected chi connectivity index (χ1v) is 9.07. The summed E-state index contributed by atoms with van der Waals surface area (Å²) in [4.78, 5) is 0. The van der Waals surface area contributed by atoms with Crippen molar-refractivity contribution in [3.63, 3.8) is 0 Å². The van der Waals surface area contributed by atoms with Crippen LogP contribution in [0.5, 0.6) is 0 Å². The van der Waals surface area contributed by atoms with Gasteiger partial charge in [0.05, 0.1) is 13.2 Å². The van der Waals surface area contributed by atoms with E-state index in [1.807, 2.05) is 0 Å². The zero-order chi connectivity index (χ0) is 15.1. The monoisotopic (exact) mass is 349 g/mol. The number of rotatable bonds is 15. The predicted octanol–water partition coefficient (Wildman–Crippen LogP) is 0.567. The Kier molecular flexibility index (Phi) is 24.9. The molecular weight excluding hydrogens is 317 g/mol. The Labute approximate surface area is 158 Å². The topological polar surface area (TPSA) is 111 Å². The Bertz CT molecular complexity index is 302. The molecule has 3 N–H and O–H groups in total. The number of hydrogen-bond donors (Lipinski definition) is 1. The quantitative estimate of drug-likeness (QED) is 0.200. The van der Waals surface area contributed by atoms with Crippen molar-refractivity contribution in [3.05, 3.63) is 0 Å². The van der Waals surface area contributed by atoms with Gasteiger partial charge in [-0.05, 0) is 6.42 Å². The molecule has 0 aliphatic carbocycles. The van der Waals surface area contributed by atoms with Gasteiger partial charge in [-0.3, -0.25) is 4.18 Å². The van der Waals surface area contributed by atoms with Gasteiger partial charge < -0.3 is 15.4 Å².